The third kappa shape index (κ3) is 2.97. The predicted octanol–water partition coefficient (Wildman–Crippen LogP) is 4.04. The Morgan fingerprint density at radius 2 is 1.93 bits per heavy atom. The van der Waals surface area contributed by atoms with Crippen LogP contribution in [0.3, 0.4) is 0 Å². The molecular formula is C23H20N2O4. The van der Waals surface area contributed by atoms with Gasteiger partial charge >= 0.3 is 0 Å². The molecule has 3 heterocycles. The van der Waals surface area contributed by atoms with Crippen molar-refractivity contribution in [2.75, 3.05) is 31.8 Å². The Balaban J connectivity index is 1.54. The molecule has 0 aliphatic carbocycles. The van der Waals surface area contributed by atoms with E-state index < -0.39 is 0 Å². The summed E-state index contributed by atoms with van der Waals surface area (Å²) in [6, 6.07) is 16.0. The van der Waals surface area contributed by atoms with Crippen LogP contribution in [0.2, 0.25) is 0 Å². The minimum atomic E-state index is 0.342. The van der Waals surface area contributed by atoms with Crippen molar-refractivity contribution in [2.24, 2.45) is 0 Å². The van der Waals surface area contributed by atoms with Crippen molar-refractivity contribution >= 4 is 17.8 Å². The van der Waals surface area contributed by atoms with Crippen LogP contribution in [0.4, 0.5) is 11.5 Å². The van der Waals surface area contributed by atoms with Gasteiger partial charge in [-0.15, -0.1) is 0 Å². The summed E-state index contributed by atoms with van der Waals surface area (Å²) in [5.74, 6) is 2.69. The first-order valence-electron chi connectivity index (χ1n) is 9.58. The highest BCUT2D eigenvalue weighted by atomic mass is 16.6. The Morgan fingerprint density at radius 3 is 2.76 bits per heavy atom. The van der Waals surface area contributed by atoms with Crippen LogP contribution in [-0.2, 0) is 6.42 Å². The van der Waals surface area contributed by atoms with Crippen molar-refractivity contribution in [1.29, 1.82) is 0 Å². The lowest BCUT2D eigenvalue weighted by Gasteiger charge is -2.21. The van der Waals surface area contributed by atoms with Crippen molar-refractivity contribution < 1.29 is 19.0 Å². The maximum atomic E-state index is 11.2. The minimum absolute atomic E-state index is 0.342. The van der Waals surface area contributed by atoms with Crippen LogP contribution >= 0.6 is 0 Å². The van der Waals surface area contributed by atoms with Gasteiger partial charge in [0.15, 0.2) is 17.8 Å². The second kappa shape index (κ2) is 7.13. The molecule has 0 fully saturated rings. The number of nitrogens with zero attached hydrogens (tertiary/aromatic N) is 2. The predicted molar refractivity (Wildman–Crippen MR) is 110 cm³/mol. The highest BCUT2D eigenvalue weighted by Gasteiger charge is 2.25. The average molecular weight is 388 g/mol. The maximum Gasteiger partial charge on any atom is 0.225 e. The van der Waals surface area contributed by atoms with E-state index in [0.717, 1.165) is 47.8 Å². The first-order valence-corrected chi connectivity index (χ1v) is 9.58. The highest BCUT2D eigenvalue weighted by molar-refractivity contribution is 5.82. The van der Waals surface area contributed by atoms with Gasteiger partial charge in [0.25, 0.3) is 0 Å². The van der Waals surface area contributed by atoms with Gasteiger partial charge in [0, 0.05) is 12.2 Å². The maximum absolute atomic E-state index is 11.2. The molecule has 3 aromatic rings. The quantitative estimate of drug-likeness (QED) is 0.629. The van der Waals surface area contributed by atoms with E-state index in [4.69, 9.17) is 14.2 Å². The third-order valence-corrected chi connectivity index (χ3v) is 5.35. The van der Waals surface area contributed by atoms with Crippen molar-refractivity contribution in [3.63, 3.8) is 0 Å². The van der Waals surface area contributed by atoms with Gasteiger partial charge in [-0.25, -0.2) is 0 Å². The number of aldehydes is 1. The molecule has 0 radical (unpaired) electrons. The van der Waals surface area contributed by atoms with E-state index in [2.05, 4.69) is 34.1 Å². The van der Waals surface area contributed by atoms with E-state index in [1.54, 1.807) is 6.07 Å². The molecule has 0 spiro atoms. The van der Waals surface area contributed by atoms with E-state index in [0.29, 0.717) is 24.7 Å². The molecule has 6 heteroatoms. The second-order valence-corrected chi connectivity index (χ2v) is 6.95. The Hall–Kier alpha value is -3.54. The fourth-order valence-corrected chi connectivity index (χ4v) is 4.00. The molecule has 5 rings (SSSR count). The number of hydrogen-bond acceptors (Lipinski definition) is 6. The number of rotatable bonds is 4. The molecule has 2 aliphatic rings. The Labute approximate surface area is 168 Å². The lowest BCUT2D eigenvalue weighted by molar-refractivity contribution is 0.112. The monoisotopic (exact) mass is 388 g/mol. The van der Waals surface area contributed by atoms with Crippen LogP contribution in [0, 0.1) is 0 Å². The Morgan fingerprint density at radius 1 is 1.07 bits per heavy atom. The van der Waals surface area contributed by atoms with Crippen LogP contribution < -0.4 is 19.1 Å². The van der Waals surface area contributed by atoms with Crippen LogP contribution in [0.5, 0.6) is 17.4 Å². The van der Waals surface area contributed by atoms with E-state index >= 15 is 0 Å². The number of methoxy groups -OCH3 is 1. The van der Waals surface area contributed by atoms with Gasteiger partial charge in [-0.2, -0.15) is 4.98 Å². The molecule has 0 saturated heterocycles. The van der Waals surface area contributed by atoms with Crippen molar-refractivity contribution in [3.05, 3.63) is 59.7 Å². The van der Waals surface area contributed by atoms with E-state index in [9.17, 15) is 4.79 Å². The largest absolute Gasteiger partial charge is 0.486 e. The molecule has 6 nitrogen and oxygen atoms in total. The molecule has 29 heavy (non-hydrogen) atoms. The van der Waals surface area contributed by atoms with Gasteiger partial charge in [-0.3, -0.25) is 4.79 Å². The van der Waals surface area contributed by atoms with Crippen LogP contribution in [0.1, 0.15) is 15.9 Å². The number of fused-ring (bicyclic) bond motifs is 2. The molecule has 1 aromatic heterocycles. The fraction of sp³-hybridized carbons (Fsp3) is 0.217. The number of carbonyl (C=O) groups excluding carboxylic acids is 1. The molecule has 146 valence electrons. The smallest absolute Gasteiger partial charge is 0.225 e. The SMILES string of the molecule is COc1nc(N2CCc3c(-c4ccc5c(c4)OCCO5)cccc32)ccc1C=O. The molecule has 0 amide bonds. The Kier molecular flexibility index (Phi) is 4.31. The van der Waals surface area contributed by atoms with Crippen LogP contribution in [0.15, 0.2) is 48.5 Å². The van der Waals surface area contributed by atoms with Gasteiger partial charge in [-0.05, 0) is 53.4 Å². The number of benzene rings is 2. The van der Waals surface area contributed by atoms with E-state index in [1.165, 1.54) is 18.2 Å². The van der Waals surface area contributed by atoms with Gasteiger partial charge in [-0.1, -0.05) is 18.2 Å². The molecular weight excluding hydrogens is 368 g/mol. The Bertz CT molecular complexity index is 1100. The van der Waals surface area contributed by atoms with Crippen LogP contribution in [0.25, 0.3) is 11.1 Å². The molecule has 0 N–H and O–H groups in total. The number of anilines is 2. The summed E-state index contributed by atoms with van der Waals surface area (Å²) in [5.41, 5.74) is 5.11. The van der Waals surface area contributed by atoms with E-state index in [-0.39, 0.29) is 0 Å². The number of pyridine rings is 1. The zero-order chi connectivity index (χ0) is 19.8. The van der Waals surface area contributed by atoms with E-state index in [1.807, 2.05) is 18.2 Å². The third-order valence-electron chi connectivity index (χ3n) is 5.35. The summed E-state index contributed by atoms with van der Waals surface area (Å²) in [6.45, 7) is 1.97. The molecule has 0 atom stereocenters. The standard InChI is InChI=1S/C23H20N2O4/c1-27-23-16(14-26)6-8-22(24-23)25-10-9-18-17(3-2-4-19(18)25)15-5-7-20-21(13-15)29-12-11-28-20/h2-8,13-14H,9-12H2,1H3. The first-order chi connectivity index (χ1) is 14.3. The summed E-state index contributed by atoms with van der Waals surface area (Å²) in [4.78, 5) is 17.9. The molecule has 0 unspecified atom stereocenters. The lowest BCUT2D eigenvalue weighted by Crippen LogP contribution is -2.15. The van der Waals surface area contributed by atoms with Crippen molar-refractivity contribution in [1.82, 2.24) is 4.98 Å². The molecule has 0 saturated carbocycles. The first kappa shape index (κ1) is 17.6. The van der Waals surface area contributed by atoms with Crippen LogP contribution in [-0.4, -0.2) is 38.1 Å². The summed E-state index contributed by atoms with van der Waals surface area (Å²) in [7, 11) is 1.52. The minimum Gasteiger partial charge on any atom is -0.486 e. The van der Waals surface area contributed by atoms with Gasteiger partial charge in [0.1, 0.15) is 19.0 Å². The number of hydrogen-bond donors (Lipinski definition) is 0. The molecule has 2 aliphatic heterocycles. The van der Waals surface area contributed by atoms with Crippen molar-refractivity contribution in [3.8, 4) is 28.5 Å². The van der Waals surface area contributed by atoms with Gasteiger partial charge in [0.2, 0.25) is 5.88 Å². The zero-order valence-corrected chi connectivity index (χ0v) is 16.1. The van der Waals surface area contributed by atoms with Gasteiger partial charge < -0.3 is 19.1 Å². The fourth-order valence-electron chi connectivity index (χ4n) is 4.00. The number of ether oxygens (including phenoxy) is 3. The van der Waals surface area contributed by atoms with Crippen molar-refractivity contribution in [2.45, 2.75) is 6.42 Å². The summed E-state index contributed by atoms with van der Waals surface area (Å²) in [5, 5.41) is 0. The molecule has 0 bridgehead atoms. The average Bonchev–Trinajstić information content (AvgIpc) is 3.22. The zero-order valence-electron chi connectivity index (χ0n) is 16.1. The summed E-state index contributed by atoms with van der Waals surface area (Å²) in [6.07, 6.45) is 1.66. The highest BCUT2D eigenvalue weighted by Crippen LogP contribution is 2.42. The molecule has 2 aromatic carbocycles. The summed E-state index contributed by atoms with van der Waals surface area (Å²) < 4.78 is 16.7. The number of aromatic nitrogens is 1. The lowest BCUT2D eigenvalue weighted by atomic mass is 9.97. The second-order valence-electron chi connectivity index (χ2n) is 6.95. The summed E-state index contributed by atoms with van der Waals surface area (Å²) >= 11 is 0. The normalized spacial score (nSPS) is 14.4. The number of carbonyl (C=O) groups is 1. The topological polar surface area (TPSA) is 60.9 Å². The van der Waals surface area contributed by atoms with Gasteiger partial charge in [0.05, 0.1) is 12.7 Å².